The second-order valence-corrected chi connectivity index (χ2v) is 2.77. The van der Waals surface area contributed by atoms with Gasteiger partial charge in [-0.25, -0.2) is 0 Å². The number of benzene rings is 1. The van der Waals surface area contributed by atoms with E-state index in [9.17, 15) is 0 Å². The van der Waals surface area contributed by atoms with Crippen LogP contribution in [0.4, 0.5) is 0 Å². The van der Waals surface area contributed by atoms with E-state index in [0.29, 0.717) is 5.82 Å². The number of nitrogens with zero attached hydrogens (tertiary/aromatic N) is 5. The maximum atomic E-state index is 4.09. The van der Waals surface area contributed by atoms with Gasteiger partial charge in [0.15, 0.2) is 5.82 Å². The Morgan fingerprint density at radius 2 is 2.07 bits per heavy atom. The number of aryl methyl sites for hydroxylation is 1. The van der Waals surface area contributed by atoms with E-state index in [1.165, 1.54) is 4.79 Å². The zero-order chi connectivity index (χ0) is 9.80. The Balaban J connectivity index is 2.20. The lowest BCUT2D eigenvalue weighted by molar-refractivity contribution is 0.678. The van der Waals surface area contributed by atoms with Crippen molar-refractivity contribution in [1.82, 2.24) is 20.3 Å². The zero-order valence-electron chi connectivity index (χ0n) is 7.70. The lowest BCUT2D eigenvalue weighted by Crippen LogP contribution is -1.95. The maximum absolute atomic E-state index is 4.09. The first kappa shape index (κ1) is 8.55. The molecule has 0 bridgehead atoms. The molecule has 14 heavy (non-hydrogen) atoms. The van der Waals surface area contributed by atoms with Gasteiger partial charge in [0.1, 0.15) is 0 Å². The highest BCUT2D eigenvalue weighted by molar-refractivity contribution is 5.79. The smallest absolute Gasteiger partial charge is 0.155 e. The molecule has 0 aliphatic carbocycles. The van der Waals surface area contributed by atoms with E-state index in [0.717, 1.165) is 5.56 Å². The first-order valence-corrected chi connectivity index (χ1v) is 4.20. The van der Waals surface area contributed by atoms with Crippen LogP contribution in [0.5, 0.6) is 0 Å². The van der Waals surface area contributed by atoms with Crippen LogP contribution in [0.2, 0.25) is 0 Å². The predicted molar refractivity (Wildman–Crippen MR) is 52.0 cm³/mol. The lowest BCUT2D eigenvalue weighted by atomic mass is 10.2. The maximum Gasteiger partial charge on any atom is 0.173 e. The van der Waals surface area contributed by atoms with E-state index < -0.39 is 0 Å². The molecule has 0 saturated heterocycles. The third-order valence-electron chi connectivity index (χ3n) is 1.72. The SMILES string of the molecule is Cc1nnnn1N=Cc1ccccc1. The van der Waals surface area contributed by atoms with Crippen LogP contribution >= 0.6 is 0 Å². The highest BCUT2D eigenvalue weighted by Gasteiger charge is 1.94. The van der Waals surface area contributed by atoms with Crippen molar-refractivity contribution in [2.75, 3.05) is 0 Å². The number of hydrogen-bond donors (Lipinski definition) is 0. The highest BCUT2D eigenvalue weighted by atomic mass is 15.7. The summed E-state index contributed by atoms with van der Waals surface area (Å²) in [4.78, 5) is 1.38. The van der Waals surface area contributed by atoms with E-state index in [-0.39, 0.29) is 0 Å². The summed E-state index contributed by atoms with van der Waals surface area (Å²) in [5, 5.41) is 15.0. The normalized spacial score (nSPS) is 10.9. The van der Waals surface area contributed by atoms with Crippen molar-refractivity contribution >= 4 is 6.21 Å². The summed E-state index contributed by atoms with van der Waals surface area (Å²) in [6.07, 6.45) is 1.71. The average Bonchev–Trinajstić information content (AvgIpc) is 2.63. The van der Waals surface area contributed by atoms with Gasteiger partial charge in [-0.1, -0.05) is 30.3 Å². The van der Waals surface area contributed by atoms with Gasteiger partial charge in [0.2, 0.25) is 0 Å². The first-order valence-electron chi connectivity index (χ1n) is 4.20. The standard InChI is InChI=1S/C9H9N5/c1-8-11-12-13-14(8)10-7-9-5-3-2-4-6-9/h2-7H,1H3. The fourth-order valence-corrected chi connectivity index (χ4v) is 0.994. The van der Waals surface area contributed by atoms with Gasteiger partial charge in [-0.2, -0.15) is 5.10 Å². The van der Waals surface area contributed by atoms with E-state index in [1.54, 1.807) is 13.1 Å². The molecule has 0 unspecified atom stereocenters. The minimum absolute atomic E-state index is 0.664. The molecule has 0 spiro atoms. The largest absolute Gasteiger partial charge is 0.173 e. The van der Waals surface area contributed by atoms with Gasteiger partial charge in [-0.15, -0.1) is 9.89 Å². The minimum atomic E-state index is 0.664. The Labute approximate surface area is 81.1 Å². The Bertz CT molecular complexity index is 431. The molecule has 0 N–H and O–H groups in total. The van der Waals surface area contributed by atoms with Crippen LogP contribution in [0.3, 0.4) is 0 Å². The number of hydrogen-bond acceptors (Lipinski definition) is 4. The van der Waals surface area contributed by atoms with Gasteiger partial charge in [0, 0.05) is 0 Å². The second-order valence-electron chi connectivity index (χ2n) is 2.77. The molecule has 70 valence electrons. The molecule has 0 atom stereocenters. The quantitative estimate of drug-likeness (QED) is 0.655. The molecule has 1 aromatic heterocycles. The summed E-state index contributed by atoms with van der Waals surface area (Å²) in [5.41, 5.74) is 1.02. The molecular formula is C9H9N5. The van der Waals surface area contributed by atoms with Crippen molar-refractivity contribution in [2.24, 2.45) is 5.10 Å². The number of aromatic nitrogens is 4. The van der Waals surface area contributed by atoms with Gasteiger partial charge in [-0.05, 0) is 22.9 Å². The lowest BCUT2D eigenvalue weighted by Gasteiger charge is -1.91. The minimum Gasteiger partial charge on any atom is -0.155 e. The Hall–Kier alpha value is -2.04. The molecule has 2 aromatic rings. The van der Waals surface area contributed by atoms with Crippen molar-refractivity contribution in [3.63, 3.8) is 0 Å². The summed E-state index contributed by atoms with van der Waals surface area (Å²) in [5.74, 6) is 0.664. The van der Waals surface area contributed by atoms with Gasteiger partial charge >= 0.3 is 0 Å². The van der Waals surface area contributed by atoms with Crippen LogP contribution in [-0.4, -0.2) is 26.5 Å². The molecule has 0 radical (unpaired) electrons. The first-order chi connectivity index (χ1) is 6.86. The van der Waals surface area contributed by atoms with Crippen LogP contribution in [0.1, 0.15) is 11.4 Å². The van der Waals surface area contributed by atoms with Crippen LogP contribution < -0.4 is 0 Å². The van der Waals surface area contributed by atoms with Gasteiger partial charge in [0.05, 0.1) is 6.21 Å². The fourth-order valence-electron chi connectivity index (χ4n) is 0.994. The third kappa shape index (κ3) is 1.82. The van der Waals surface area contributed by atoms with Gasteiger partial charge in [-0.3, -0.25) is 0 Å². The van der Waals surface area contributed by atoms with Gasteiger partial charge in [0.25, 0.3) is 0 Å². The topological polar surface area (TPSA) is 56.0 Å². The fraction of sp³-hybridized carbons (Fsp3) is 0.111. The van der Waals surface area contributed by atoms with Crippen LogP contribution in [0.15, 0.2) is 35.4 Å². The van der Waals surface area contributed by atoms with Crippen LogP contribution in [0.25, 0.3) is 0 Å². The Kier molecular flexibility index (Phi) is 2.31. The molecule has 1 heterocycles. The summed E-state index contributed by atoms with van der Waals surface area (Å²) in [7, 11) is 0. The molecule has 0 amide bonds. The summed E-state index contributed by atoms with van der Waals surface area (Å²) in [6.45, 7) is 1.79. The predicted octanol–water partition coefficient (Wildman–Crippen LogP) is 0.864. The molecule has 0 saturated carbocycles. The molecule has 2 rings (SSSR count). The van der Waals surface area contributed by atoms with E-state index in [1.807, 2.05) is 30.3 Å². The monoisotopic (exact) mass is 187 g/mol. The van der Waals surface area contributed by atoms with Crippen molar-refractivity contribution in [1.29, 1.82) is 0 Å². The van der Waals surface area contributed by atoms with Crippen LogP contribution in [-0.2, 0) is 0 Å². The molecule has 1 aromatic carbocycles. The van der Waals surface area contributed by atoms with Crippen molar-refractivity contribution < 1.29 is 0 Å². The molecular weight excluding hydrogens is 178 g/mol. The molecule has 0 aliphatic heterocycles. The molecule has 5 nitrogen and oxygen atoms in total. The Morgan fingerprint density at radius 1 is 1.29 bits per heavy atom. The van der Waals surface area contributed by atoms with E-state index >= 15 is 0 Å². The zero-order valence-corrected chi connectivity index (χ0v) is 7.70. The van der Waals surface area contributed by atoms with Crippen LogP contribution in [0, 0.1) is 6.92 Å². The van der Waals surface area contributed by atoms with Crippen molar-refractivity contribution in [3.05, 3.63) is 41.7 Å². The summed E-state index contributed by atoms with van der Waals surface area (Å²) >= 11 is 0. The van der Waals surface area contributed by atoms with Crippen molar-refractivity contribution in [3.8, 4) is 0 Å². The van der Waals surface area contributed by atoms with Crippen molar-refractivity contribution in [2.45, 2.75) is 6.92 Å². The molecule has 5 heteroatoms. The summed E-state index contributed by atoms with van der Waals surface area (Å²) in [6, 6.07) is 9.79. The van der Waals surface area contributed by atoms with E-state index in [2.05, 4.69) is 20.6 Å². The average molecular weight is 187 g/mol. The summed E-state index contributed by atoms with van der Waals surface area (Å²) < 4.78 is 0. The highest BCUT2D eigenvalue weighted by Crippen LogP contribution is 1.94. The van der Waals surface area contributed by atoms with Gasteiger partial charge < -0.3 is 0 Å². The molecule has 0 aliphatic rings. The number of tetrazole rings is 1. The second kappa shape index (κ2) is 3.78. The molecule has 0 fully saturated rings. The number of rotatable bonds is 2. The Morgan fingerprint density at radius 3 is 2.71 bits per heavy atom. The van der Waals surface area contributed by atoms with E-state index in [4.69, 9.17) is 0 Å². The third-order valence-corrected chi connectivity index (χ3v) is 1.72.